The van der Waals surface area contributed by atoms with Crippen molar-refractivity contribution in [2.24, 2.45) is 23.7 Å². The summed E-state index contributed by atoms with van der Waals surface area (Å²) in [5, 5.41) is 22.5. The molecule has 0 aromatic carbocycles. The Kier molecular flexibility index (Phi) is 10.0. The van der Waals surface area contributed by atoms with Crippen LogP contribution >= 0.6 is 0 Å². The molecule has 2 N–H and O–H groups in total. The van der Waals surface area contributed by atoms with Crippen LogP contribution in [0, 0.1) is 23.7 Å². The lowest BCUT2D eigenvalue weighted by Crippen LogP contribution is -2.58. The van der Waals surface area contributed by atoms with Crippen LogP contribution in [-0.4, -0.2) is 73.3 Å². The quantitative estimate of drug-likeness (QED) is 0.388. The maximum absolute atomic E-state index is 11.4. The van der Waals surface area contributed by atoms with Crippen molar-refractivity contribution in [3.05, 3.63) is 0 Å². The fourth-order valence-corrected chi connectivity index (χ4v) is 6.87. The smallest absolute Gasteiger partial charge is 0.192 e. The summed E-state index contributed by atoms with van der Waals surface area (Å²) in [7, 11) is -1.94. The van der Waals surface area contributed by atoms with Gasteiger partial charge in [0.25, 0.3) is 0 Å². The van der Waals surface area contributed by atoms with Gasteiger partial charge < -0.3 is 33.6 Å². The summed E-state index contributed by atoms with van der Waals surface area (Å²) in [6.45, 7) is 29.5. The Morgan fingerprint density at radius 3 is 1.81 bits per heavy atom. The van der Waals surface area contributed by atoms with Gasteiger partial charge >= 0.3 is 0 Å². The van der Waals surface area contributed by atoms with Crippen LogP contribution < -0.4 is 0 Å². The van der Waals surface area contributed by atoms with Crippen LogP contribution in [0.2, 0.25) is 18.1 Å². The van der Waals surface area contributed by atoms with Crippen LogP contribution in [0.25, 0.3) is 0 Å². The lowest BCUT2D eigenvalue weighted by Gasteiger charge is -2.51. The van der Waals surface area contributed by atoms with Gasteiger partial charge in [-0.25, -0.2) is 0 Å². The first kappa shape index (κ1) is 32.2. The third kappa shape index (κ3) is 7.32. The third-order valence-electron chi connectivity index (χ3n) is 8.97. The molecule has 2 aliphatic heterocycles. The van der Waals surface area contributed by atoms with Gasteiger partial charge in [-0.15, -0.1) is 0 Å². The molecule has 2 rings (SSSR count). The maximum Gasteiger partial charge on any atom is 0.192 e. The van der Waals surface area contributed by atoms with E-state index in [2.05, 4.69) is 54.6 Å². The average Bonchev–Trinajstić information content (AvgIpc) is 3.10. The second kappa shape index (κ2) is 11.2. The molecule has 0 aliphatic carbocycles. The van der Waals surface area contributed by atoms with Crippen LogP contribution in [0.5, 0.6) is 0 Å². The minimum absolute atomic E-state index is 0.0248. The third-order valence-corrected chi connectivity index (χ3v) is 13.5. The first-order valence-corrected chi connectivity index (χ1v) is 16.7. The SMILES string of the molecule is C[C@@H]1[C@H]([C@@H](C)[C@H](C)O[Si](C)(C)C(C)(C)C)OC(C)(C)O[C@@H]1[C@H](C)[C@H](O)[C@H](C)[C@@H](O)[C@H]1COC(C)(C)O1. The number of hydrogen-bond donors (Lipinski definition) is 2. The Balaban J connectivity index is 2.16. The average molecular weight is 533 g/mol. The summed E-state index contributed by atoms with van der Waals surface area (Å²) in [5.41, 5.74) is 0. The molecular formula is C28H56O7Si. The molecule has 0 aromatic rings. The number of rotatable bonds is 9. The molecule has 0 radical (unpaired) electrons. The van der Waals surface area contributed by atoms with Gasteiger partial charge in [0.1, 0.15) is 6.10 Å². The Labute approximate surface area is 221 Å². The number of aliphatic hydroxyl groups is 2. The molecule has 2 aliphatic rings. The summed E-state index contributed by atoms with van der Waals surface area (Å²) in [5.74, 6) is -2.00. The molecule has 0 aromatic heterocycles. The van der Waals surface area contributed by atoms with Crippen molar-refractivity contribution in [1.82, 2.24) is 0 Å². The monoisotopic (exact) mass is 532 g/mol. The van der Waals surface area contributed by atoms with E-state index in [1.165, 1.54) is 0 Å². The minimum Gasteiger partial charge on any atom is -0.414 e. The van der Waals surface area contributed by atoms with Gasteiger partial charge in [-0.3, -0.25) is 0 Å². The fourth-order valence-electron chi connectivity index (χ4n) is 5.37. The van der Waals surface area contributed by atoms with Gasteiger partial charge in [0.05, 0.1) is 31.0 Å². The van der Waals surface area contributed by atoms with E-state index >= 15 is 0 Å². The first-order chi connectivity index (χ1) is 16.1. The number of aliphatic hydroxyl groups excluding tert-OH is 2. The fraction of sp³-hybridized carbons (Fsp3) is 1.00. The Bertz CT molecular complexity index is 719. The zero-order chi connectivity index (χ0) is 28.0. The van der Waals surface area contributed by atoms with Crippen LogP contribution in [0.3, 0.4) is 0 Å². The van der Waals surface area contributed by atoms with E-state index in [0.717, 1.165) is 0 Å². The number of ether oxygens (including phenoxy) is 4. The molecule has 214 valence electrons. The van der Waals surface area contributed by atoms with Gasteiger partial charge in [-0.05, 0) is 52.8 Å². The molecular weight excluding hydrogens is 476 g/mol. The Morgan fingerprint density at radius 1 is 0.861 bits per heavy atom. The topological polar surface area (TPSA) is 86.6 Å². The lowest BCUT2D eigenvalue weighted by molar-refractivity contribution is -0.341. The Hall–Kier alpha value is -0.0631. The van der Waals surface area contributed by atoms with E-state index in [-0.39, 0.29) is 41.1 Å². The van der Waals surface area contributed by atoms with Gasteiger partial charge in [-0.2, -0.15) is 0 Å². The molecule has 8 heteroatoms. The molecule has 2 fully saturated rings. The summed E-state index contributed by atoms with van der Waals surface area (Å²) in [4.78, 5) is 0. The van der Waals surface area contributed by atoms with E-state index in [9.17, 15) is 10.2 Å². The lowest BCUT2D eigenvalue weighted by atomic mass is 9.76. The van der Waals surface area contributed by atoms with E-state index in [1.54, 1.807) is 0 Å². The van der Waals surface area contributed by atoms with E-state index in [0.29, 0.717) is 6.61 Å². The molecule has 36 heavy (non-hydrogen) atoms. The van der Waals surface area contributed by atoms with Crippen LogP contribution in [-0.2, 0) is 23.4 Å². The first-order valence-electron chi connectivity index (χ1n) is 13.8. The molecule has 0 spiro atoms. The van der Waals surface area contributed by atoms with Crippen molar-refractivity contribution >= 4 is 8.32 Å². The van der Waals surface area contributed by atoms with Gasteiger partial charge in [-0.1, -0.05) is 48.5 Å². The summed E-state index contributed by atoms with van der Waals surface area (Å²) in [6.07, 6.45) is -2.42. The number of hydrogen-bond acceptors (Lipinski definition) is 7. The zero-order valence-electron chi connectivity index (χ0n) is 25.4. The van der Waals surface area contributed by atoms with Crippen molar-refractivity contribution in [3.63, 3.8) is 0 Å². The van der Waals surface area contributed by atoms with Crippen molar-refractivity contribution in [3.8, 4) is 0 Å². The zero-order valence-corrected chi connectivity index (χ0v) is 26.4. The second-order valence-corrected chi connectivity index (χ2v) is 18.7. The minimum atomic E-state index is -1.94. The van der Waals surface area contributed by atoms with Crippen LogP contribution in [0.4, 0.5) is 0 Å². The highest BCUT2D eigenvalue weighted by molar-refractivity contribution is 6.74. The molecule has 0 saturated carbocycles. The Morgan fingerprint density at radius 2 is 1.36 bits per heavy atom. The summed E-state index contributed by atoms with van der Waals surface area (Å²) >= 11 is 0. The summed E-state index contributed by atoms with van der Waals surface area (Å²) in [6, 6.07) is 0. The van der Waals surface area contributed by atoms with E-state index in [4.69, 9.17) is 23.4 Å². The van der Waals surface area contributed by atoms with Crippen molar-refractivity contribution < 1.29 is 33.6 Å². The van der Waals surface area contributed by atoms with Crippen LogP contribution in [0.1, 0.15) is 83.1 Å². The maximum atomic E-state index is 11.4. The van der Waals surface area contributed by atoms with Gasteiger partial charge in [0.15, 0.2) is 19.9 Å². The molecule has 0 bridgehead atoms. The predicted molar refractivity (Wildman–Crippen MR) is 145 cm³/mol. The van der Waals surface area contributed by atoms with Gasteiger partial charge in [0.2, 0.25) is 0 Å². The standard InChI is InChI=1S/C28H56O7Si/c1-16(20(5)35-36(13,14)26(6,7)8)24-19(4)25(34-28(11,12)33-24)18(3)22(29)17(2)23(30)21-15-31-27(9,10)32-21/h16-25,29-30H,15H2,1-14H3/t16-,17-,18+,19+,20-,21+,22+,23+,24-,25+/m0/s1. The highest BCUT2D eigenvalue weighted by atomic mass is 28.4. The van der Waals surface area contributed by atoms with Gasteiger partial charge in [0, 0.05) is 29.8 Å². The second-order valence-electron chi connectivity index (χ2n) is 13.9. The van der Waals surface area contributed by atoms with Crippen molar-refractivity contribution in [2.45, 2.75) is 149 Å². The van der Waals surface area contributed by atoms with E-state index in [1.807, 2.05) is 41.5 Å². The molecule has 10 atom stereocenters. The largest absolute Gasteiger partial charge is 0.414 e. The highest BCUT2D eigenvalue weighted by Crippen LogP contribution is 2.43. The molecule has 0 unspecified atom stereocenters. The normalized spacial score (nSPS) is 34.0. The summed E-state index contributed by atoms with van der Waals surface area (Å²) < 4.78 is 31.1. The van der Waals surface area contributed by atoms with Crippen LogP contribution in [0.15, 0.2) is 0 Å². The van der Waals surface area contributed by atoms with Crippen molar-refractivity contribution in [2.75, 3.05) is 6.61 Å². The highest BCUT2D eigenvalue weighted by Gasteiger charge is 2.50. The van der Waals surface area contributed by atoms with Crippen molar-refractivity contribution in [1.29, 1.82) is 0 Å². The molecule has 2 saturated heterocycles. The predicted octanol–water partition coefficient (Wildman–Crippen LogP) is 5.33. The molecule has 7 nitrogen and oxygen atoms in total. The van der Waals surface area contributed by atoms with E-state index < -0.39 is 44.1 Å². The molecule has 2 heterocycles. The molecule has 0 amide bonds.